The Morgan fingerprint density at radius 3 is 2.31 bits per heavy atom. The Balaban J connectivity index is 1.49. The van der Waals surface area contributed by atoms with Gasteiger partial charge in [0.05, 0.1) is 16.8 Å². The molecule has 2 amide bonds. The third-order valence-electron chi connectivity index (χ3n) is 5.34. The van der Waals surface area contributed by atoms with Crippen LogP contribution in [0, 0.1) is 13.8 Å². The van der Waals surface area contributed by atoms with Gasteiger partial charge in [0.2, 0.25) is 0 Å². The predicted molar refractivity (Wildman–Crippen MR) is 142 cm³/mol. The minimum Gasteiger partial charge on any atom is -0.490 e. The molecule has 0 spiro atoms. The second-order valence-corrected chi connectivity index (χ2v) is 9.11. The number of hydrogen-bond acceptors (Lipinski definition) is 5. The Labute approximate surface area is 218 Å². The maximum atomic E-state index is 12.9. The van der Waals surface area contributed by atoms with Crippen molar-refractivity contribution in [1.29, 1.82) is 0 Å². The molecule has 36 heavy (non-hydrogen) atoms. The van der Waals surface area contributed by atoms with E-state index in [0.717, 1.165) is 16.9 Å². The third-order valence-corrected chi connectivity index (χ3v) is 5.93. The van der Waals surface area contributed by atoms with Gasteiger partial charge in [-0.3, -0.25) is 15.0 Å². The second-order valence-electron chi connectivity index (χ2n) is 8.26. The summed E-state index contributed by atoms with van der Waals surface area (Å²) in [7, 11) is 0. The second kappa shape index (κ2) is 11.3. The number of hydrazine groups is 1. The molecule has 3 aromatic carbocycles. The predicted octanol–water partition coefficient (Wildman–Crippen LogP) is 5.38. The van der Waals surface area contributed by atoms with E-state index >= 15 is 0 Å². The van der Waals surface area contributed by atoms with E-state index in [9.17, 15) is 9.59 Å². The molecule has 0 aliphatic carbocycles. The summed E-state index contributed by atoms with van der Waals surface area (Å²) in [6.07, 6.45) is 1.54. The Morgan fingerprint density at radius 1 is 0.917 bits per heavy atom. The van der Waals surface area contributed by atoms with Crippen molar-refractivity contribution in [3.8, 4) is 17.2 Å². The fourth-order valence-corrected chi connectivity index (χ4v) is 4.45. The van der Waals surface area contributed by atoms with Crippen molar-refractivity contribution < 1.29 is 23.8 Å². The summed E-state index contributed by atoms with van der Waals surface area (Å²) in [6, 6.07) is 18.5. The van der Waals surface area contributed by atoms with Crippen LogP contribution in [0.15, 0.2) is 70.7 Å². The summed E-state index contributed by atoms with van der Waals surface area (Å²) < 4.78 is 18.2. The average Bonchev–Trinajstić information content (AvgIpc) is 3.11. The summed E-state index contributed by atoms with van der Waals surface area (Å²) in [5.41, 5.74) is 6.12. The highest BCUT2D eigenvalue weighted by atomic mass is 79.9. The lowest BCUT2D eigenvalue weighted by Crippen LogP contribution is -2.35. The third kappa shape index (κ3) is 5.88. The van der Waals surface area contributed by atoms with Gasteiger partial charge in [0.1, 0.15) is 24.5 Å². The maximum Gasteiger partial charge on any atom is 0.282 e. The maximum absolute atomic E-state index is 12.9. The Kier molecular flexibility index (Phi) is 7.95. The molecule has 1 N–H and O–H groups in total. The first-order valence-electron chi connectivity index (χ1n) is 11.6. The van der Waals surface area contributed by atoms with Gasteiger partial charge in [0.25, 0.3) is 11.8 Å². The van der Waals surface area contributed by atoms with Crippen molar-refractivity contribution in [2.45, 2.75) is 20.8 Å². The van der Waals surface area contributed by atoms with Gasteiger partial charge in [-0.25, -0.2) is 5.01 Å². The first-order valence-corrected chi connectivity index (χ1v) is 12.4. The minimum absolute atomic E-state index is 0.0312. The largest absolute Gasteiger partial charge is 0.490 e. The molecule has 3 aromatic rings. The monoisotopic (exact) mass is 550 g/mol. The fourth-order valence-electron chi connectivity index (χ4n) is 3.88. The standard InChI is InChI=1S/C28H27BrN2O5/c1-4-34-25-17-20(15-23-27(32)30-31(28(23)33)21-8-6-5-7-9-21)16-24(29)26(25)36-11-10-35-22-13-18(2)12-19(3)14-22/h5-9,12-17H,4,10-11H2,1-3H3,(H,30,32)/b23-15+. The molecule has 0 unspecified atom stereocenters. The van der Waals surface area contributed by atoms with Gasteiger partial charge >= 0.3 is 0 Å². The summed E-state index contributed by atoms with van der Waals surface area (Å²) in [5, 5.41) is 1.24. The van der Waals surface area contributed by atoms with E-state index in [1.165, 1.54) is 5.01 Å². The van der Waals surface area contributed by atoms with E-state index in [0.29, 0.717) is 47.0 Å². The number of aryl methyl sites for hydroxylation is 2. The highest BCUT2D eigenvalue weighted by Crippen LogP contribution is 2.38. The van der Waals surface area contributed by atoms with Gasteiger partial charge in [-0.05, 0) is 95.9 Å². The molecule has 1 aliphatic heterocycles. The van der Waals surface area contributed by atoms with Gasteiger partial charge in [-0.1, -0.05) is 24.3 Å². The summed E-state index contributed by atoms with van der Waals surface area (Å²) in [4.78, 5) is 25.5. The highest BCUT2D eigenvalue weighted by Gasteiger charge is 2.34. The minimum atomic E-state index is -0.471. The number of halogens is 1. The summed E-state index contributed by atoms with van der Waals surface area (Å²) >= 11 is 3.54. The number of hydrogen-bond donors (Lipinski definition) is 1. The van der Waals surface area contributed by atoms with Crippen LogP contribution in [0.5, 0.6) is 17.2 Å². The van der Waals surface area contributed by atoms with Crippen molar-refractivity contribution in [3.05, 3.63) is 87.4 Å². The lowest BCUT2D eigenvalue weighted by atomic mass is 10.1. The van der Waals surface area contributed by atoms with Crippen LogP contribution in [-0.4, -0.2) is 31.6 Å². The molecule has 0 atom stereocenters. The summed E-state index contributed by atoms with van der Waals surface area (Å²) in [6.45, 7) is 7.01. The first-order chi connectivity index (χ1) is 17.4. The van der Waals surface area contributed by atoms with Gasteiger partial charge in [-0.2, -0.15) is 0 Å². The number of rotatable bonds is 9. The molecular weight excluding hydrogens is 524 g/mol. The Morgan fingerprint density at radius 2 is 1.61 bits per heavy atom. The van der Waals surface area contributed by atoms with Crippen LogP contribution < -0.4 is 24.6 Å². The Bertz CT molecular complexity index is 1290. The molecular formula is C28H27BrN2O5. The first kappa shape index (κ1) is 25.3. The molecule has 186 valence electrons. The molecule has 0 saturated carbocycles. The average molecular weight is 551 g/mol. The van der Waals surface area contributed by atoms with Crippen LogP contribution in [-0.2, 0) is 9.59 Å². The van der Waals surface area contributed by atoms with Gasteiger partial charge < -0.3 is 14.2 Å². The summed E-state index contributed by atoms with van der Waals surface area (Å²) in [5.74, 6) is 0.921. The number of para-hydroxylation sites is 1. The van der Waals surface area contributed by atoms with Crippen LogP contribution in [0.25, 0.3) is 6.08 Å². The van der Waals surface area contributed by atoms with E-state index in [-0.39, 0.29) is 5.57 Å². The molecule has 0 aromatic heterocycles. The number of ether oxygens (including phenoxy) is 3. The lowest BCUT2D eigenvalue weighted by molar-refractivity contribution is -0.117. The molecule has 0 radical (unpaired) electrons. The van der Waals surface area contributed by atoms with E-state index < -0.39 is 11.8 Å². The Hall–Kier alpha value is -3.78. The number of amides is 2. The van der Waals surface area contributed by atoms with E-state index in [1.54, 1.807) is 42.5 Å². The van der Waals surface area contributed by atoms with Gasteiger partial charge in [0, 0.05) is 0 Å². The fraction of sp³-hybridized carbons (Fsp3) is 0.214. The molecule has 7 nitrogen and oxygen atoms in total. The molecule has 0 bridgehead atoms. The quantitative estimate of drug-likeness (QED) is 0.220. The molecule has 1 fully saturated rings. The zero-order chi connectivity index (χ0) is 25.7. The molecule has 1 heterocycles. The SMILES string of the molecule is CCOc1cc(/C=C2\C(=O)NN(c3ccccc3)C2=O)cc(Br)c1OCCOc1cc(C)cc(C)c1. The van der Waals surface area contributed by atoms with Crippen LogP contribution in [0.4, 0.5) is 5.69 Å². The van der Waals surface area contributed by atoms with Crippen LogP contribution in [0.3, 0.4) is 0 Å². The smallest absolute Gasteiger partial charge is 0.282 e. The van der Waals surface area contributed by atoms with Gasteiger partial charge in [-0.15, -0.1) is 0 Å². The molecule has 8 heteroatoms. The van der Waals surface area contributed by atoms with Crippen LogP contribution >= 0.6 is 15.9 Å². The van der Waals surface area contributed by atoms with E-state index in [4.69, 9.17) is 14.2 Å². The van der Waals surface area contributed by atoms with Crippen molar-refractivity contribution in [1.82, 2.24) is 5.43 Å². The molecule has 1 aliphatic rings. The topological polar surface area (TPSA) is 77.1 Å². The number of carbonyl (C=O) groups is 2. The number of nitrogens with zero attached hydrogens (tertiary/aromatic N) is 1. The highest BCUT2D eigenvalue weighted by molar-refractivity contribution is 9.10. The van der Waals surface area contributed by atoms with Crippen LogP contribution in [0.2, 0.25) is 0 Å². The number of nitrogens with one attached hydrogen (secondary N) is 1. The van der Waals surface area contributed by atoms with Crippen molar-refractivity contribution >= 4 is 39.5 Å². The zero-order valence-electron chi connectivity index (χ0n) is 20.3. The normalized spacial score (nSPS) is 14.2. The zero-order valence-corrected chi connectivity index (χ0v) is 21.9. The van der Waals surface area contributed by atoms with E-state index in [1.807, 2.05) is 39.0 Å². The van der Waals surface area contributed by atoms with Crippen molar-refractivity contribution in [2.24, 2.45) is 0 Å². The van der Waals surface area contributed by atoms with Gasteiger partial charge in [0.15, 0.2) is 11.5 Å². The van der Waals surface area contributed by atoms with E-state index in [2.05, 4.69) is 27.4 Å². The molecule has 1 saturated heterocycles. The number of carbonyl (C=O) groups excluding carboxylic acids is 2. The number of benzene rings is 3. The molecule has 4 rings (SSSR count). The van der Waals surface area contributed by atoms with Crippen LogP contribution in [0.1, 0.15) is 23.6 Å². The van der Waals surface area contributed by atoms with Crippen molar-refractivity contribution in [2.75, 3.05) is 24.8 Å². The van der Waals surface area contributed by atoms with Crippen molar-refractivity contribution in [3.63, 3.8) is 0 Å². The number of anilines is 1. The lowest BCUT2D eigenvalue weighted by Gasteiger charge is -2.15.